The molecule has 0 aliphatic rings. The number of hydrogen-bond acceptors (Lipinski definition) is 3. The Balaban J connectivity index is 2.34. The van der Waals surface area contributed by atoms with Gasteiger partial charge in [-0.3, -0.25) is 0 Å². The van der Waals surface area contributed by atoms with Crippen molar-refractivity contribution in [3.63, 3.8) is 0 Å². The summed E-state index contributed by atoms with van der Waals surface area (Å²) in [4.78, 5) is 4.09. The highest BCUT2D eigenvalue weighted by molar-refractivity contribution is 5.69. The van der Waals surface area contributed by atoms with Gasteiger partial charge in [-0.05, 0) is 36.8 Å². The third kappa shape index (κ3) is 2.11. The highest BCUT2D eigenvalue weighted by Gasteiger charge is 2.03. The minimum atomic E-state index is -0.289. The van der Waals surface area contributed by atoms with E-state index in [1.807, 2.05) is 6.92 Å². The first-order valence-electron chi connectivity index (χ1n) is 4.90. The van der Waals surface area contributed by atoms with Crippen LogP contribution in [0, 0.1) is 12.7 Å². The first-order valence-corrected chi connectivity index (χ1v) is 4.90. The molecule has 2 aromatic rings. The molecule has 0 amide bonds. The Kier molecular flexibility index (Phi) is 2.72. The van der Waals surface area contributed by atoms with Crippen molar-refractivity contribution < 1.29 is 4.39 Å². The first-order chi connectivity index (χ1) is 7.66. The Morgan fingerprint density at radius 2 is 2.12 bits per heavy atom. The van der Waals surface area contributed by atoms with Crippen LogP contribution in [0.4, 0.5) is 21.6 Å². The zero-order valence-corrected chi connectivity index (χ0v) is 8.87. The van der Waals surface area contributed by atoms with Gasteiger partial charge in [0.2, 0.25) is 0 Å². The molecule has 0 radical (unpaired) electrons. The van der Waals surface area contributed by atoms with Crippen molar-refractivity contribution in [3.05, 3.63) is 47.9 Å². The van der Waals surface area contributed by atoms with E-state index in [1.165, 1.54) is 12.1 Å². The van der Waals surface area contributed by atoms with Crippen molar-refractivity contribution in [2.24, 2.45) is 0 Å². The largest absolute Gasteiger partial charge is 0.396 e. The lowest BCUT2D eigenvalue weighted by molar-refractivity contribution is 0.628. The zero-order chi connectivity index (χ0) is 11.5. The number of anilines is 3. The van der Waals surface area contributed by atoms with Crippen molar-refractivity contribution in [2.75, 3.05) is 11.1 Å². The number of nitrogens with two attached hydrogens (primary N) is 1. The molecule has 0 saturated carbocycles. The number of pyridine rings is 1. The predicted octanol–water partition coefficient (Wildman–Crippen LogP) is 2.85. The van der Waals surface area contributed by atoms with Gasteiger partial charge in [0.25, 0.3) is 0 Å². The Morgan fingerprint density at radius 1 is 1.31 bits per heavy atom. The Hall–Kier alpha value is -2.10. The lowest BCUT2D eigenvalue weighted by atomic mass is 10.2. The number of halogens is 1. The van der Waals surface area contributed by atoms with E-state index in [9.17, 15) is 4.39 Å². The molecule has 3 nitrogen and oxygen atoms in total. The lowest BCUT2D eigenvalue weighted by Gasteiger charge is -2.10. The molecule has 16 heavy (non-hydrogen) atoms. The van der Waals surface area contributed by atoms with Crippen LogP contribution < -0.4 is 11.1 Å². The second-order valence-electron chi connectivity index (χ2n) is 3.53. The monoisotopic (exact) mass is 217 g/mol. The van der Waals surface area contributed by atoms with E-state index < -0.39 is 0 Å². The third-order valence-corrected chi connectivity index (χ3v) is 2.29. The Labute approximate surface area is 93.1 Å². The maximum absolute atomic E-state index is 13.1. The minimum absolute atomic E-state index is 0.289. The normalized spacial score (nSPS) is 10.1. The van der Waals surface area contributed by atoms with E-state index in [1.54, 1.807) is 24.4 Å². The molecule has 0 bridgehead atoms. The smallest absolute Gasteiger partial charge is 0.153 e. The SMILES string of the molecule is Cc1ccc(F)cc1Nc1ncccc1N. The summed E-state index contributed by atoms with van der Waals surface area (Å²) in [5, 5.41) is 3.01. The molecule has 0 fully saturated rings. The first kappa shape index (κ1) is 10.4. The average molecular weight is 217 g/mol. The van der Waals surface area contributed by atoms with Crippen LogP contribution in [0.5, 0.6) is 0 Å². The maximum Gasteiger partial charge on any atom is 0.153 e. The summed E-state index contributed by atoms with van der Waals surface area (Å²) >= 11 is 0. The number of rotatable bonds is 2. The molecule has 82 valence electrons. The van der Waals surface area contributed by atoms with Crippen LogP contribution in [-0.2, 0) is 0 Å². The van der Waals surface area contributed by atoms with Gasteiger partial charge in [-0.15, -0.1) is 0 Å². The summed E-state index contributed by atoms with van der Waals surface area (Å²) in [5.74, 6) is 0.249. The van der Waals surface area contributed by atoms with E-state index in [0.29, 0.717) is 17.2 Å². The van der Waals surface area contributed by atoms with Gasteiger partial charge in [0.1, 0.15) is 5.82 Å². The van der Waals surface area contributed by atoms with E-state index in [4.69, 9.17) is 5.73 Å². The molecule has 1 aromatic heterocycles. The summed E-state index contributed by atoms with van der Waals surface area (Å²) < 4.78 is 13.1. The molecule has 4 heteroatoms. The van der Waals surface area contributed by atoms with E-state index in [2.05, 4.69) is 10.3 Å². The molecular weight excluding hydrogens is 205 g/mol. The van der Waals surface area contributed by atoms with Crippen molar-refractivity contribution in [2.45, 2.75) is 6.92 Å². The number of nitrogens with zero attached hydrogens (tertiary/aromatic N) is 1. The summed E-state index contributed by atoms with van der Waals surface area (Å²) in [5.41, 5.74) is 7.88. The molecule has 1 heterocycles. The summed E-state index contributed by atoms with van der Waals surface area (Å²) in [6.07, 6.45) is 1.63. The molecule has 0 spiro atoms. The van der Waals surface area contributed by atoms with Crippen LogP contribution in [0.2, 0.25) is 0 Å². The number of nitrogen functional groups attached to an aromatic ring is 1. The fourth-order valence-corrected chi connectivity index (χ4v) is 1.38. The number of aromatic nitrogens is 1. The second-order valence-corrected chi connectivity index (χ2v) is 3.53. The molecule has 3 N–H and O–H groups in total. The standard InChI is InChI=1S/C12H12FN3/c1-8-4-5-9(13)7-11(8)16-12-10(14)3-2-6-15-12/h2-7H,14H2,1H3,(H,15,16). The van der Waals surface area contributed by atoms with Gasteiger partial charge in [0.05, 0.1) is 5.69 Å². The molecule has 0 unspecified atom stereocenters. The number of hydrogen-bond donors (Lipinski definition) is 2. The van der Waals surface area contributed by atoms with Gasteiger partial charge in [-0.1, -0.05) is 6.07 Å². The Bertz CT molecular complexity index is 511. The number of aryl methyl sites for hydroxylation is 1. The van der Waals surface area contributed by atoms with Gasteiger partial charge >= 0.3 is 0 Å². The Morgan fingerprint density at radius 3 is 2.88 bits per heavy atom. The van der Waals surface area contributed by atoms with E-state index in [0.717, 1.165) is 5.56 Å². The van der Waals surface area contributed by atoms with Crippen LogP contribution in [0.25, 0.3) is 0 Å². The van der Waals surface area contributed by atoms with Crippen LogP contribution in [0.15, 0.2) is 36.5 Å². The highest BCUT2D eigenvalue weighted by Crippen LogP contribution is 2.23. The number of nitrogens with one attached hydrogen (secondary N) is 1. The number of benzene rings is 1. The van der Waals surface area contributed by atoms with Crippen LogP contribution in [0.3, 0.4) is 0 Å². The zero-order valence-electron chi connectivity index (χ0n) is 8.87. The summed E-state index contributed by atoms with van der Waals surface area (Å²) in [7, 11) is 0. The van der Waals surface area contributed by atoms with Gasteiger partial charge in [-0.2, -0.15) is 0 Å². The van der Waals surface area contributed by atoms with Gasteiger partial charge in [0, 0.05) is 11.9 Å². The quantitative estimate of drug-likeness (QED) is 0.813. The van der Waals surface area contributed by atoms with Gasteiger partial charge in [0.15, 0.2) is 5.82 Å². The fourth-order valence-electron chi connectivity index (χ4n) is 1.38. The second kappa shape index (κ2) is 4.18. The van der Waals surface area contributed by atoms with Crippen LogP contribution in [0.1, 0.15) is 5.56 Å². The summed E-state index contributed by atoms with van der Waals surface area (Å²) in [6.45, 7) is 1.89. The fraction of sp³-hybridized carbons (Fsp3) is 0.0833. The van der Waals surface area contributed by atoms with Gasteiger partial charge in [-0.25, -0.2) is 9.37 Å². The summed E-state index contributed by atoms with van der Waals surface area (Å²) in [6, 6.07) is 8.03. The van der Waals surface area contributed by atoms with Crippen molar-refractivity contribution in [1.82, 2.24) is 4.98 Å². The maximum atomic E-state index is 13.1. The van der Waals surface area contributed by atoms with Crippen molar-refractivity contribution in [1.29, 1.82) is 0 Å². The topological polar surface area (TPSA) is 50.9 Å². The molecule has 0 aliphatic heterocycles. The highest BCUT2D eigenvalue weighted by atomic mass is 19.1. The molecule has 0 saturated heterocycles. The molecular formula is C12H12FN3. The van der Waals surface area contributed by atoms with Gasteiger partial charge < -0.3 is 11.1 Å². The van der Waals surface area contributed by atoms with Crippen molar-refractivity contribution in [3.8, 4) is 0 Å². The minimum Gasteiger partial charge on any atom is -0.396 e. The lowest BCUT2D eigenvalue weighted by Crippen LogP contribution is -2.00. The molecule has 1 aromatic carbocycles. The van der Waals surface area contributed by atoms with Crippen LogP contribution >= 0.6 is 0 Å². The van der Waals surface area contributed by atoms with E-state index in [-0.39, 0.29) is 5.82 Å². The molecule has 0 atom stereocenters. The predicted molar refractivity (Wildman–Crippen MR) is 63.1 cm³/mol. The van der Waals surface area contributed by atoms with Crippen LogP contribution in [-0.4, -0.2) is 4.98 Å². The van der Waals surface area contributed by atoms with E-state index >= 15 is 0 Å². The molecule has 0 aliphatic carbocycles. The van der Waals surface area contributed by atoms with Crippen molar-refractivity contribution >= 4 is 17.2 Å². The molecule has 2 rings (SSSR count). The average Bonchev–Trinajstić information content (AvgIpc) is 2.27. The third-order valence-electron chi connectivity index (χ3n) is 2.29.